The second-order valence-corrected chi connectivity index (χ2v) is 6.21. The summed E-state index contributed by atoms with van der Waals surface area (Å²) in [6, 6.07) is 5.43. The predicted molar refractivity (Wildman–Crippen MR) is 95.5 cm³/mol. The summed E-state index contributed by atoms with van der Waals surface area (Å²) in [4.78, 5) is 11.3. The Balaban J connectivity index is 2.32. The van der Waals surface area contributed by atoms with Crippen molar-refractivity contribution in [2.24, 2.45) is 0 Å². The lowest BCUT2D eigenvalue weighted by Gasteiger charge is -2.11. The Bertz CT molecular complexity index is 454. The van der Waals surface area contributed by atoms with E-state index in [1.807, 2.05) is 12.1 Å². The third-order valence-corrected chi connectivity index (χ3v) is 4.07. The maximum atomic E-state index is 11.3. The van der Waals surface area contributed by atoms with Crippen LogP contribution in [-0.2, 0) is 6.42 Å². The van der Waals surface area contributed by atoms with E-state index in [4.69, 9.17) is 4.74 Å². The summed E-state index contributed by atoms with van der Waals surface area (Å²) in [7, 11) is 0. The Morgan fingerprint density at radius 1 is 0.957 bits per heavy atom. The molecule has 0 aromatic heterocycles. The van der Waals surface area contributed by atoms with Gasteiger partial charge >= 0.3 is 5.97 Å². The SMILES string of the molecule is CCCCCCCCCCOc1cc(CCC)ccc1C(=O)O. The fraction of sp³-hybridized carbons (Fsp3) is 0.650. The van der Waals surface area contributed by atoms with Gasteiger partial charge in [0.15, 0.2) is 0 Å². The van der Waals surface area contributed by atoms with Crippen molar-refractivity contribution in [2.45, 2.75) is 78.1 Å². The van der Waals surface area contributed by atoms with Crippen LogP contribution in [0.4, 0.5) is 0 Å². The van der Waals surface area contributed by atoms with E-state index in [0.29, 0.717) is 12.4 Å². The monoisotopic (exact) mass is 320 g/mol. The average molecular weight is 320 g/mol. The first-order chi connectivity index (χ1) is 11.2. The molecule has 0 aliphatic rings. The third-order valence-electron chi connectivity index (χ3n) is 4.07. The van der Waals surface area contributed by atoms with E-state index in [-0.39, 0.29) is 5.56 Å². The number of aryl methyl sites for hydroxylation is 1. The Labute approximate surface area is 141 Å². The van der Waals surface area contributed by atoms with Crippen molar-refractivity contribution in [1.82, 2.24) is 0 Å². The van der Waals surface area contributed by atoms with Crippen LogP contribution in [0.15, 0.2) is 18.2 Å². The Morgan fingerprint density at radius 3 is 2.22 bits per heavy atom. The smallest absolute Gasteiger partial charge is 0.339 e. The van der Waals surface area contributed by atoms with Gasteiger partial charge in [-0.3, -0.25) is 0 Å². The number of hydrogen-bond acceptors (Lipinski definition) is 2. The standard InChI is InChI=1S/C20H32O3/c1-3-5-6-7-8-9-10-11-15-23-19-16-17(12-4-2)13-14-18(19)20(21)22/h13-14,16H,3-12,15H2,1-2H3,(H,21,22). The van der Waals surface area contributed by atoms with Gasteiger partial charge in [-0.15, -0.1) is 0 Å². The number of benzene rings is 1. The van der Waals surface area contributed by atoms with Crippen LogP contribution in [0.5, 0.6) is 5.75 Å². The summed E-state index contributed by atoms with van der Waals surface area (Å²) >= 11 is 0. The van der Waals surface area contributed by atoms with Crippen LogP contribution in [0.1, 0.15) is 87.6 Å². The molecule has 0 spiro atoms. The lowest BCUT2D eigenvalue weighted by molar-refractivity contribution is 0.0692. The Hall–Kier alpha value is -1.51. The average Bonchev–Trinajstić information content (AvgIpc) is 2.53. The number of carbonyl (C=O) groups is 1. The maximum absolute atomic E-state index is 11.3. The Morgan fingerprint density at radius 2 is 1.61 bits per heavy atom. The molecule has 0 aliphatic carbocycles. The van der Waals surface area contributed by atoms with Gasteiger partial charge in [0.2, 0.25) is 0 Å². The summed E-state index contributed by atoms with van der Waals surface area (Å²) in [5.41, 5.74) is 1.41. The molecular formula is C20H32O3. The molecule has 0 heterocycles. The van der Waals surface area contributed by atoms with E-state index in [2.05, 4.69) is 13.8 Å². The minimum Gasteiger partial charge on any atom is -0.493 e. The summed E-state index contributed by atoms with van der Waals surface area (Å²) < 4.78 is 5.75. The van der Waals surface area contributed by atoms with Gasteiger partial charge in [-0.2, -0.15) is 0 Å². The highest BCUT2D eigenvalue weighted by atomic mass is 16.5. The molecule has 3 heteroatoms. The van der Waals surface area contributed by atoms with Crippen LogP contribution < -0.4 is 4.74 Å². The number of ether oxygens (including phenoxy) is 1. The van der Waals surface area contributed by atoms with Crippen LogP contribution >= 0.6 is 0 Å². The van der Waals surface area contributed by atoms with Crippen molar-refractivity contribution >= 4 is 5.97 Å². The molecule has 1 aromatic carbocycles. The van der Waals surface area contributed by atoms with Gasteiger partial charge in [-0.05, 0) is 30.5 Å². The molecule has 0 unspecified atom stereocenters. The molecule has 0 aliphatic heterocycles. The summed E-state index contributed by atoms with van der Waals surface area (Å²) in [5.74, 6) is -0.398. The van der Waals surface area contributed by atoms with Gasteiger partial charge < -0.3 is 9.84 Å². The van der Waals surface area contributed by atoms with Crippen molar-refractivity contribution in [1.29, 1.82) is 0 Å². The maximum Gasteiger partial charge on any atom is 0.339 e. The van der Waals surface area contributed by atoms with Crippen LogP contribution in [-0.4, -0.2) is 17.7 Å². The molecule has 0 fully saturated rings. The predicted octanol–water partition coefficient (Wildman–Crippen LogP) is 5.86. The number of carboxylic acids is 1. The molecule has 0 radical (unpaired) electrons. The summed E-state index contributed by atoms with van der Waals surface area (Å²) in [5, 5.41) is 9.25. The third kappa shape index (κ3) is 8.06. The van der Waals surface area contributed by atoms with Gasteiger partial charge in [-0.25, -0.2) is 4.79 Å². The van der Waals surface area contributed by atoms with Crippen molar-refractivity contribution in [2.75, 3.05) is 6.61 Å². The van der Waals surface area contributed by atoms with Crippen LogP contribution in [0.25, 0.3) is 0 Å². The molecule has 0 amide bonds. The van der Waals surface area contributed by atoms with Crippen molar-refractivity contribution in [3.05, 3.63) is 29.3 Å². The highest BCUT2D eigenvalue weighted by molar-refractivity contribution is 5.91. The second kappa shape index (κ2) is 12.0. The van der Waals surface area contributed by atoms with Crippen molar-refractivity contribution in [3.63, 3.8) is 0 Å². The minimum absolute atomic E-state index is 0.268. The molecule has 1 aromatic rings. The highest BCUT2D eigenvalue weighted by Crippen LogP contribution is 2.22. The van der Waals surface area contributed by atoms with E-state index in [0.717, 1.165) is 31.2 Å². The lowest BCUT2D eigenvalue weighted by atomic mass is 10.1. The van der Waals surface area contributed by atoms with E-state index in [1.165, 1.54) is 38.5 Å². The zero-order valence-corrected chi connectivity index (χ0v) is 14.8. The molecule has 23 heavy (non-hydrogen) atoms. The van der Waals surface area contributed by atoms with Crippen LogP contribution in [0.2, 0.25) is 0 Å². The summed E-state index contributed by atoms with van der Waals surface area (Å²) in [6.45, 7) is 4.95. The number of rotatable bonds is 13. The van der Waals surface area contributed by atoms with Crippen molar-refractivity contribution < 1.29 is 14.6 Å². The van der Waals surface area contributed by atoms with Crippen LogP contribution in [0, 0.1) is 0 Å². The zero-order chi connectivity index (χ0) is 16.9. The second-order valence-electron chi connectivity index (χ2n) is 6.21. The molecule has 0 saturated heterocycles. The van der Waals surface area contributed by atoms with Gasteiger partial charge in [0.1, 0.15) is 11.3 Å². The van der Waals surface area contributed by atoms with Crippen molar-refractivity contribution in [3.8, 4) is 5.75 Å². The lowest BCUT2D eigenvalue weighted by Crippen LogP contribution is -2.05. The first-order valence-corrected chi connectivity index (χ1v) is 9.18. The quantitative estimate of drug-likeness (QED) is 0.463. The minimum atomic E-state index is -0.918. The largest absolute Gasteiger partial charge is 0.493 e. The Kier molecular flexibility index (Phi) is 10.2. The fourth-order valence-corrected chi connectivity index (χ4v) is 2.73. The molecule has 130 valence electrons. The number of carboxylic acid groups (broad SMARTS) is 1. The normalized spacial score (nSPS) is 10.7. The summed E-state index contributed by atoms with van der Waals surface area (Å²) in [6.07, 6.45) is 12.0. The van der Waals surface area contributed by atoms with E-state index in [9.17, 15) is 9.90 Å². The number of unbranched alkanes of at least 4 members (excludes halogenated alkanes) is 7. The van der Waals surface area contributed by atoms with Gasteiger partial charge in [0, 0.05) is 0 Å². The molecule has 3 nitrogen and oxygen atoms in total. The molecule has 0 bridgehead atoms. The van der Waals surface area contributed by atoms with E-state index < -0.39 is 5.97 Å². The molecule has 0 atom stereocenters. The fourth-order valence-electron chi connectivity index (χ4n) is 2.73. The van der Waals surface area contributed by atoms with E-state index in [1.54, 1.807) is 6.07 Å². The van der Waals surface area contributed by atoms with E-state index >= 15 is 0 Å². The highest BCUT2D eigenvalue weighted by Gasteiger charge is 2.11. The van der Waals surface area contributed by atoms with Gasteiger partial charge in [0.25, 0.3) is 0 Å². The molecule has 1 N–H and O–H groups in total. The molecule has 0 saturated carbocycles. The number of hydrogen-bond donors (Lipinski definition) is 1. The first kappa shape index (κ1) is 19.5. The number of aromatic carboxylic acids is 1. The van der Waals surface area contributed by atoms with Gasteiger partial charge in [-0.1, -0.05) is 71.3 Å². The first-order valence-electron chi connectivity index (χ1n) is 9.18. The molecule has 1 rings (SSSR count). The zero-order valence-electron chi connectivity index (χ0n) is 14.8. The topological polar surface area (TPSA) is 46.5 Å². The van der Waals surface area contributed by atoms with Crippen LogP contribution in [0.3, 0.4) is 0 Å². The van der Waals surface area contributed by atoms with Gasteiger partial charge in [0.05, 0.1) is 6.61 Å². The molecular weight excluding hydrogens is 288 g/mol.